The molecule has 3 aliphatic rings. The molecule has 2 heterocycles. The maximum atomic E-state index is 12.5. The maximum Gasteiger partial charge on any atom is 0.238 e. The number of piperazine rings is 1. The minimum absolute atomic E-state index is 0.105. The Labute approximate surface area is 157 Å². The Morgan fingerprint density at radius 3 is 2.37 bits per heavy atom. The van der Waals surface area contributed by atoms with Gasteiger partial charge in [0.05, 0.1) is 12.2 Å². The second kappa shape index (κ2) is 7.19. The van der Waals surface area contributed by atoms with Gasteiger partial charge in [-0.15, -0.1) is 0 Å². The van der Waals surface area contributed by atoms with Gasteiger partial charge in [0.2, 0.25) is 18.6 Å². The summed E-state index contributed by atoms with van der Waals surface area (Å²) in [6.45, 7) is 4.43. The summed E-state index contributed by atoms with van der Waals surface area (Å²) in [6, 6.07) is 3.23. The zero-order chi connectivity index (χ0) is 19.0. The number of hydrogen-bond acceptors (Lipinski definition) is 6. The number of hydrogen-bond donors (Lipinski definition) is 1. The third kappa shape index (κ3) is 3.90. The number of ether oxygens (including phenoxy) is 2. The minimum Gasteiger partial charge on any atom is -0.454 e. The van der Waals surface area contributed by atoms with Gasteiger partial charge in [-0.2, -0.15) is 0 Å². The van der Waals surface area contributed by atoms with Crippen molar-refractivity contribution in [1.29, 1.82) is 0 Å². The average molecular weight is 373 g/mol. The summed E-state index contributed by atoms with van der Waals surface area (Å²) >= 11 is 0. The molecule has 4 rings (SSSR count). The van der Waals surface area contributed by atoms with Crippen LogP contribution in [0.2, 0.25) is 0 Å². The second-order valence-electron chi connectivity index (χ2n) is 7.23. The van der Waals surface area contributed by atoms with Gasteiger partial charge in [-0.3, -0.25) is 19.3 Å². The largest absolute Gasteiger partial charge is 0.454 e. The van der Waals surface area contributed by atoms with E-state index in [9.17, 15) is 14.4 Å². The molecule has 1 aromatic rings. The number of ketones is 1. The summed E-state index contributed by atoms with van der Waals surface area (Å²) in [5.74, 6) is 1.16. The van der Waals surface area contributed by atoms with Crippen LogP contribution in [0.25, 0.3) is 0 Å². The first-order chi connectivity index (χ1) is 13.0. The number of nitrogens with zero attached hydrogens (tertiary/aromatic N) is 2. The minimum atomic E-state index is -0.196. The van der Waals surface area contributed by atoms with E-state index in [2.05, 4.69) is 5.32 Å². The molecule has 0 atom stereocenters. The molecule has 2 amide bonds. The molecule has 0 aromatic heterocycles. The molecule has 1 aliphatic carbocycles. The number of Topliss-reactive ketones (excluding diaryl/α,β-unsaturated/α-hetero) is 1. The van der Waals surface area contributed by atoms with Crippen LogP contribution in [0.1, 0.15) is 30.1 Å². The van der Waals surface area contributed by atoms with Gasteiger partial charge in [-0.05, 0) is 25.8 Å². The van der Waals surface area contributed by atoms with E-state index in [0.717, 1.165) is 12.8 Å². The maximum absolute atomic E-state index is 12.5. The third-order valence-corrected chi connectivity index (χ3v) is 5.14. The third-order valence-electron chi connectivity index (χ3n) is 5.14. The summed E-state index contributed by atoms with van der Waals surface area (Å²) < 4.78 is 10.6. The lowest BCUT2D eigenvalue weighted by Crippen LogP contribution is -2.50. The fourth-order valence-electron chi connectivity index (χ4n) is 3.44. The predicted octanol–water partition coefficient (Wildman–Crippen LogP) is 1.11. The highest BCUT2D eigenvalue weighted by molar-refractivity contribution is 6.05. The van der Waals surface area contributed by atoms with Crippen molar-refractivity contribution in [2.75, 3.05) is 44.8 Å². The van der Waals surface area contributed by atoms with Crippen molar-refractivity contribution in [3.8, 4) is 11.5 Å². The number of rotatable bonds is 5. The number of fused-ring (bicyclic) bond motifs is 1. The standard InChI is InChI=1S/C19H23N3O5/c1-12(23)14-8-16-17(27-11-26-16)9-15(14)20-18(24)10-21-4-6-22(7-5-21)19(25)13-2-3-13/h8-9,13H,2-7,10-11H2,1H3,(H,20,24). The molecule has 0 unspecified atom stereocenters. The van der Waals surface area contributed by atoms with E-state index >= 15 is 0 Å². The van der Waals surface area contributed by atoms with Crippen molar-refractivity contribution in [2.45, 2.75) is 19.8 Å². The lowest BCUT2D eigenvalue weighted by atomic mass is 10.1. The van der Waals surface area contributed by atoms with Crippen LogP contribution in [0, 0.1) is 5.92 Å². The lowest BCUT2D eigenvalue weighted by Gasteiger charge is -2.34. The normalized spacial score (nSPS) is 19.1. The Bertz CT molecular complexity index is 782. The molecule has 0 bridgehead atoms. The van der Waals surface area contributed by atoms with E-state index < -0.39 is 0 Å². The summed E-state index contributed by atoms with van der Waals surface area (Å²) in [6.07, 6.45) is 2.02. The summed E-state index contributed by atoms with van der Waals surface area (Å²) in [7, 11) is 0. The van der Waals surface area contributed by atoms with Gasteiger partial charge in [0.1, 0.15) is 0 Å². The number of nitrogens with one attached hydrogen (secondary N) is 1. The summed E-state index contributed by atoms with van der Waals surface area (Å²) in [5.41, 5.74) is 0.826. The van der Waals surface area contributed by atoms with Crippen LogP contribution >= 0.6 is 0 Å². The number of benzene rings is 1. The molecule has 1 saturated carbocycles. The second-order valence-corrected chi connectivity index (χ2v) is 7.23. The smallest absolute Gasteiger partial charge is 0.238 e. The lowest BCUT2D eigenvalue weighted by molar-refractivity contribution is -0.134. The molecule has 0 spiro atoms. The van der Waals surface area contributed by atoms with Gasteiger partial charge < -0.3 is 19.7 Å². The topological polar surface area (TPSA) is 88.2 Å². The van der Waals surface area contributed by atoms with Crippen LogP contribution in [-0.4, -0.2) is 66.9 Å². The molecule has 0 radical (unpaired) electrons. The van der Waals surface area contributed by atoms with Crippen molar-refractivity contribution in [3.05, 3.63) is 17.7 Å². The first kappa shape index (κ1) is 17.8. The number of carbonyl (C=O) groups is 3. The van der Waals surface area contributed by atoms with Gasteiger partial charge in [0, 0.05) is 43.7 Å². The summed E-state index contributed by atoms with van der Waals surface area (Å²) in [5, 5.41) is 2.81. The molecular formula is C19H23N3O5. The Morgan fingerprint density at radius 1 is 1.07 bits per heavy atom. The number of amides is 2. The SMILES string of the molecule is CC(=O)c1cc2c(cc1NC(=O)CN1CCN(C(=O)C3CC3)CC1)OCO2. The molecule has 2 fully saturated rings. The monoisotopic (exact) mass is 373 g/mol. The van der Waals surface area contributed by atoms with E-state index in [0.29, 0.717) is 48.9 Å². The van der Waals surface area contributed by atoms with E-state index in [-0.39, 0.29) is 36.9 Å². The molecule has 8 nitrogen and oxygen atoms in total. The van der Waals surface area contributed by atoms with Gasteiger partial charge in [-0.1, -0.05) is 0 Å². The number of carbonyl (C=O) groups excluding carboxylic acids is 3. The first-order valence-electron chi connectivity index (χ1n) is 9.27. The van der Waals surface area contributed by atoms with Crippen LogP contribution < -0.4 is 14.8 Å². The van der Waals surface area contributed by atoms with Crippen LogP contribution in [0.4, 0.5) is 5.69 Å². The van der Waals surface area contributed by atoms with Gasteiger partial charge in [-0.25, -0.2) is 0 Å². The summed E-state index contributed by atoms with van der Waals surface area (Å²) in [4.78, 5) is 40.4. The van der Waals surface area contributed by atoms with Crippen molar-refractivity contribution in [3.63, 3.8) is 0 Å². The van der Waals surface area contributed by atoms with Gasteiger partial charge in [0.25, 0.3) is 0 Å². The fraction of sp³-hybridized carbons (Fsp3) is 0.526. The Balaban J connectivity index is 1.35. The number of anilines is 1. The van der Waals surface area contributed by atoms with Crippen LogP contribution in [-0.2, 0) is 9.59 Å². The fourth-order valence-corrected chi connectivity index (χ4v) is 3.44. The quantitative estimate of drug-likeness (QED) is 0.778. The zero-order valence-corrected chi connectivity index (χ0v) is 15.3. The van der Waals surface area contributed by atoms with Crippen molar-refractivity contribution < 1.29 is 23.9 Å². The van der Waals surface area contributed by atoms with Crippen molar-refractivity contribution in [2.24, 2.45) is 5.92 Å². The van der Waals surface area contributed by atoms with E-state index in [1.807, 2.05) is 9.80 Å². The van der Waals surface area contributed by atoms with Crippen LogP contribution in [0.15, 0.2) is 12.1 Å². The molecule has 144 valence electrons. The Morgan fingerprint density at radius 2 is 1.74 bits per heavy atom. The highest BCUT2D eigenvalue weighted by atomic mass is 16.7. The molecule has 2 aliphatic heterocycles. The molecular weight excluding hydrogens is 350 g/mol. The van der Waals surface area contributed by atoms with Crippen molar-refractivity contribution in [1.82, 2.24) is 9.80 Å². The highest BCUT2D eigenvalue weighted by Crippen LogP contribution is 2.37. The molecule has 1 aromatic carbocycles. The van der Waals surface area contributed by atoms with Gasteiger partial charge >= 0.3 is 0 Å². The van der Waals surface area contributed by atoms with Crippen LogP contribution in [0.5, 0.6) is 11.5 Å². The van der Waals surface area contributed by atoms with Crippen molar-refractivity contribution >= 4 is 23.3 Å². The first-order valence-corrected chi connectivity index (χ1v) is 9.27. The van der Waals surface area contributed by atoms with E-state index in [1.54, 1.807) is 12.1 Å². The van der Waals surface area contributed by atoms with Crippen LogP contribution in [0.3, 0.4) is 0 Å². The average Bonchev–Trinajstić information content (AvgIpc) is 3.39. The predicted molar refractivity (Wildman–Crippen MR) is 96.9 cm³/mol. The molecule has 1 saturated heterocycles. The molecule has 1 N–H and O–H groups in total. The highest BCUT2D eigenvalue weighted by Gasteiger charge is 2.34. The Hall–Kier alpha value is -2.61. The van der Waals surface area contributed by atoms with E-state index in [4.69, 9.17) is 9.47 Å². The van der Waals surface area contributed by atoms with Gasteiger partial charge in [0.15, 0.2) is 17.3 Å². The Kier molecular flexibility index (Phi) is 4.73. The zero-order valence-electron chi connectivity index (χ0n) is 15.3. The molecule has 27 heavy (non-hydrogen) atoms. The molecule has 8 heteroatoms. The van der Waals surface area contributed by atoms with E-state index in [1.165, 1.54) is 6.92 Å².